The van der Waals surface area contributed by atoms with E-state index in [2.05, 4.69) is 0 Å². The first-order valence-electron chi connectivity index (χ1n) is 8.18. The molecule has 0 spiro atoms. The average Bonchev–Trinajstić information content (AvgIpc) is 3.21. The molecule has 0 amide bonds. The van der Waals surface area contributed by atoms with Gasteiger partial charge < -0.3 is 14.6 Å². The van der Waals surface area contributed by atoms with Gasteiger partial charge >= 0.3 is 5.97 Å². The van der Waals surface area contributed by atoms with E-state index in [1.165, 1.54) is 27.8 Å². The lowest BCUT2D eigenvalue weighted by atomic mass is 10.2. The molecule has 1 aromatic heterocycles. The lowest BCUT2D eigenvalue weighted by Gasteiger charge is -2.18. The number of rotatable bonds is 9. The van der Waals surface area contributed by atoms with E-state index in [9.17, 15) is 13.6 Å². The van der Waals surface area contributed by atoms with E-state index in [1.54, 1.807) is 42.5 Å². The SMILES string of the molecule is O=C(O)c1ccc(OCCOc2ccc(N(c3cccs3)S(=O)O)cc2)cc1. The zero-order valence-electron chi connectivity index (χ0n) is 14.6. The van der Waals surface area contributed by atoms with E-state index in [1.807, 2.05) is 11.4 Å². The van der Waals surface area contributed by atoms with Crippen molar-refractivity contribution in [3.05, 3.63) is 71.6 Å². The molecule has 0 saturated carbocycles. The van der Waals surface area contributed by atoms with Crippen LogP contribution in [0.3, 0.4) is 0 Å². The van der Waals surface area contributed by atoms with Crippen molar-refractivity contribution in [3.8, 4) is 11.5 Å². The number of nitrogens with zero attached hydrogens (tertiary/aromatic N) is 1. The summed E-state index contributed by atoms with van der Waals surface area (Å²) in [5.41, 5.74) is 0.773. The highest BCUT2D eigenvalue weighted by Crippen LogP contribution is 2.31. The summed E-state index contributed by atoms with van der Waals surface area (Å²) in [6.07, 6.45) is 0. The molecule has 0 aliphatic carbocycles. The fourth-order valence-corrected chi connectivity index (χ4v) is 3.86. The van der Waals surface area contributed by atoms with Crippen LogP contribution >= 0.6 is 11.3 Å². The Bertz CT molecular complexity index is 926. The van der Waals surface area contributed by atoms with Crippen molar-refractivity contribution in [2.75, 3.05) is 17.5 Å². The van der Waals surface area contributed by atoms with E-state index < -0.39 is 17.2 Å². The van der Waals surface area contributed by atoms with Gasteiger partial charge in [-0.25, -0.2) is 13.3 Å². The Hall–Kier alpha value is -2.88. The molecule has 9 heteroatoms. The summed E-state index contributed by atoms with van der Waals surface area (Å²) in [7, 11) is 0. The van der Waals surface area contributed by atoms with E-state index in [4.69, 9.17) is 14.6 Å². The van der Waals surface area contributed by atoms with Crippen LogP contribution in [0.25, 0.3) is 0 Å². The Morgan fingerprint density at radius 2 is 1.54 bits per heavy atom. The first-order chi connectivity index (χ1) is 13.5. The summed E-state index contributed by atoms with van der Waals surface area (Å²) in [4.78, 5) is 10.8. The number of ether oxygens (including phenoxy) is 2. The molecule has 1 atom stereocenters. The maximum atomic E-state index is 11.7. The molecule has 1 heterocycles. The van der Waals surface area contributed by atoms with Crippen molar-refractivity contribution in [3.63, 3.8) is 0 Å². The topological polar surface area (TPSA) is 96.3 Å². The number of carbonyl (C=O) groups is 1. The summed E-state index contributed by atoms with van der Waals surface area (Å²) in [5, 5.41) is 11.4. The predicted molar refractivity (Wildman–Crippen MR) is 108 cm³/mol. The van der Waals surface area contributed by atoms with Crippen LogP contribution in [-0.2, 0) is 11.3 Å². The first-order valence-corrected chi connectivity index (χ1v) is 10.1. The van der Waals surface area contributed by atoms with Crippen LogP contribution in [0.15, 0.2) is 66.0 Å². The number of carboxylic acids is 1. The lowest BCUT2D eigenvalue weighted by Crippen LogP contribution is -2.18. The molecule has 1 unspecified atom stereocenters. The molecule has 28 heavy (non-hydrogen) atoms. The molecule has 146 valence electrons. The Kier molecular flexibility index (Phi) is 6.64. The normalized spacial score (nSPS) is 11.6. The molecule has 3 aromatic rings. The van der Waals surface area contributed by atoms with E-state index in [-0.39, 0.29) is 12.2 Å². The number of aromatic carboxylic acids is 1. The Morgan fingerprint density at radius 3 is 2.00 bits per heavy atom. The lowest BCUT2D eigenvalue weighted by molar-refractivity contribution is 0.0697. The van der Waals surface area contributed by atoms with Crippen molar-refractivity contribution < 1.29 is 28.1 Å². The first kappa shape index (κ1) is 19.9. The maximum absolute atomic E-state index is 11.7. The molecule has 2 N–H and O–H groups in total. The van der Waals surface area contributed by atoms with Gasteiger partial charge in [0.1, 0.15) is 29.7 Å². The van der Waals surface area contributed by atoms with Gasteiger partial charge in [-0.15, -0.1) is 11.3 Å². The van der Waals surface area contributed by atoms with E-state index in [0.717, 1.165) is 0 Å². The van der Waals surface area contributed by atoms with Crippen LogP contribution in [0.4, 0.5) is 10.7 Å². The summed E-state index contributed by atoms with van der Waals surface area (Å²) < 4.78 is 33.6. The largest absolute Gasteiger partial charge is 0.490 e. The second-order valence-electron chi connectivity index (χ2n) is 5.50. The number of thiophene rings is 1. The minimum atomic E-state index is -2.18. The van der Waals surface area contributed by atoms with Gasteiger partial charge in [-0.3, -0.25) is 4.55 Å². The third-order valence-corrected chi connectivity index (χ3v) is 5.34. The van der Waals surface area contributed by atoms with Crippen molar-refractivity contribution >= 4 is 39.3 Å². The summed E-state index contributed by atoms with van der Waals surface area (Å²) in [6, 6.07) is 16.5. The fraction of sp³-hybridized carbons (Fsp3) is 0.105. The standard InChI is InChI=1S/C19H17NO6S2/c21-19(22)14-3-7-16(8-4-14)25-11-12-26-17-9-5-15(6-10-17)20(28(23)24)18-2-1-13-27-18/h1-10,13H,11-12H2,(H,21,22)(H,23,24). The van der Waals surface area contributed by atoms with Gasteiger partial charge in [0.25, 0.3) is 11.3 Å². The van der Waals surface area contributed by atoms with Crippen LogP contribution in [0.1, 0.15) is 10.4 Å². The highest BCUT2D eigenvalue weighted by atomic mass is 32.2. The third kappa shape index (κ3) is 5.10. The van der Waals surface area contributed by atoms with E-state index >= 15 is 0 Å². The highest BCUT2D eigenvalue weighted by molar-refractivity contribution is 7.81. The fourth-order valence-electron chi connectivity index (χ4n) is 2.37. The van der Waals surface area contributed by atoms with Gasteiger partial charge in [-0.2, -0.15) is 0 Å². The van der Waals surface area contributed by atoms with Crippen LogP contribution in [-0.4, -0.2) is 33.1 Å². The molecule has 0 bridgehead atoms. The molecule has 0 aliphatic rings. The smallest absolute Gasteiger partial charge is 0.335 e. The molecule has 0 aliphatic heterocycles. The quantitative estimate of drug-likeness (QED) is 0.399. The van der Waals surface area contributed by atoms with Crippen LogP contribution in [0, 0.1) is 0 Å². The molecule has 0 saturated heterocycles. The maximum Gasteiger partial charge on any atom is 0.335 e. The van der Waals surface area contributed by atoms with Crippen LogP contribution in [0.2, 0.25) is 0 Å². The number of hydrogen-bond donors (Lipinski definition) is 2. The molecule has 3 rings (SSSR count). The summed E-state index contributed by atoms with van der Waals surface area (Å²) >= 11 is -0.809. The van der Waals surface area contributed by atoms with Gasteiger partial charge in [0, 0.05) is 0 Å². The highest BCUT2D eigenvalue weighted by Gasteiger charge is 2.15. The average molecular weight is 419 g/mol. The van der Waals surface area contributed by atoms with E-state index in [0.29, 0.717) is 28.8 Å². The van der Waals surface area contributed by atoms with Crippen LogP contribution < -0.4 is 13.8 Å². The second kappa shape index (κ2) is 9.36. The Morgan fingerprint density at radius 1 is 0.964 bits per heavy atom. The monoisotopic (exact) mass is 419 g/mol. The predicted octanol–water partition coefficient (Wildman–Crippen LogP) is 4.18. The Balaban J connectivity index is 1.51. The minimum absolute atomic E-state index is 0.198. The molecular weight excluding hydrogens is 402 g/mol. The number of anilines is 2. The van der Waals surface area contributed by atoms with Gasteiger partial charge in [-0.1, -0.05) is 0 Å². The second-order valence-corrected chi connectivity index (χ2v) is 7.25. The third-order valence-electron chi connectivity index (χ3n) is 3.66. The van der Waals surface area contributed by atoms with Crippen molar-refractivity contribution in [1.29, 1.82) is 0 Å². The van der Waals surface area contributed by atoms with Gasteiger partial charge in [0.05, 0.1) is 11.3 Å². The Labute approximate surface area is 168 Å². The zero-order valence-corrected chi connectivity index (χ0v) is 16.2. The molecular formula is C19H17NO6S2. The molecule has 7 nitrogen and oxygen atoms in total. The van der Waals surface area contributed by atoms with Gasteiger partial charge in [0.15, 0.2) is 0 Å². The number of carboxylic acid groups (broad SMARTS) is 1. The summed E-state index contributed by atoms with van der Waals surface area (Å²) in [6.45, 7) is 0.580. The number of hydrogen-bond acceptors (Lipinski definition) is 5. The van der Waals surface area contributed by atoms with Crippen molar-refractivity contribution in [2.24, 2.45) is 0 Å². The summed E-state index contributed by atoms with van der Waals surface area (Å²) in [5.74, 6) is 0.172. The van der Waals surface area contributed by atoms with Crippen molar-refractivity contribution in [2.45, 2.75) is 0 Å². The van der Waals surface area contributed by atoms with Gasteiger partial charge in [-0.05, 0) is 66.0 Å². The molecule has 0 radical (unpaired) electrons. The van der Waals surface area contributed by atoms with Crippen LogP contribution in [0.5, 0.6) is 11.5 Å². The zero-order chi connectivity index (χ0) is 19.9. The molecule has 2 aromatic carbocycles. The number of benzene rings is 2. The van der Waals surface area contributed by atoms with Gasteiger partial charge in [0.2, 0.25) is 0 Å². The molecule has 0 fully saturated rings. The van der Waals surface area contributed by atoms with Crippen molar-refractivity contribution in [1.82, 2.24) is 0 Å². The minimum Gasteiger partial charge on any atom is -0.490 e.